The van der Waals surface area contributed by atoms with Crippen molar-refractivity contribution in [3.63, 3.8) is 0 Å². The minimum atomic E-state index is -0.219. The van der Waals surface area contributed by atoms with E-state index in [4.69, 9.17) is 4.74 Å². The molecule has 18 heavy (non-hydrogen) atoms. The average Bonchev–Trinajstić information content (AvgIpc) is 3.00. The molecule has 0 aromatic carbocycles. The van der Waals surface area contributed by atoms with Crippen molar-refractivity contribution in [2.24, 2.45) is 0 Å². The Hall–Kier alpha value is -1.29. The first-order chi connectivity index (χ1) is 8.81. The fourth-order valence-electron chi connectivity index (χ4n) is 2.47. The van der Waals surface area contributed by atoms with Crippen LogP contribution < -0.4 is 0 Å². The van der Waals surface area contributed by atoms with Crippen LogP contribution in [0.1, 0.15) is 36.7 Å². The largest absolute Gasteiger partial charge is 0.461 e. The lowest BCUT2D eigenvalue weighted by Crippen LogP contribution is -2.22. The molecule has 4 nitrogen and oxygen atoms in total. The van der Waals surface area contributed by atoms with Crippen molar-refractivity contribution in [1.29, 1.82) is 0 Å². The molecule has 0 unspecified atom stereocenters. The van der Waals surface area contributed by atoms with Crippen molar-refractivity contribution in [2.45, 2.75) is 32.7 Å². The molecule has 0 saturated carbocycles. The van der Waals surface area contributed by atoms with E-state index in [9.17, 15) is 4.79 Å². The molecule has 0 aliphatic carbocycles. The van der Waals surface area contributed by atoms with E-state index in [0.717, 1.165) is 19.5 Å². The Kier molecular flexibility index (Phi) is 4.81. The van der Waals surface area contributed by atoms with E-state index < -0.39 is 0 Å². The maximum Gasteiger partial charge on any atom is 0.354 e. The van der Waals surface area contributed by atoms with Gasteiger partial charge in [0.1, 0.15) is 5.69 Å². The van der Waals surface area contributed by atoms with Crippen LogP contribution in [0.4, 0.5) is 0 Å². The average molecular weight is 250 g/mol. The molecule has 2 rings (SSSR count). The molecule has 0 bridgehead atoms. The van der Waals surface area contributed by atoms with Crippen LogP contribution in [0.3, 0.4) is 0 Å². The molecule has 1 aromatic heterocycles. The van der Waals surface area contributed by atoms with Gasteiger partial charge >= 0.3 is 5.97 Å². The first-order valence-corrected chi connectivity index (χ1v) is 6.86. The SMILES string of the molecule is CCOC(=O)c1cccn1CCCN1CCCC1. The van der Waals surface area contributed by atoms with Gasteiger partial charge in [0.15, 0.2) is 0 Å². The Morgan fingerprint density at radius 1 is 1.33 bits per heavy atom. The summed E-state index contributed by atoms with van der Waals surface area (Å²) in [6.07, 6.45) is 5.70. The van der Waals surface area contributed by atoms with Crippen LogP contribution in [-0.2, 0) is 11.3 Å². The summed E-state index contributed by atoms with van der Waals surface area (Å²) < 4.78 is 7.03. The highest BCUT2D eigenvalue weighted by Crippen LogP contribution is 2.10. The summed E-state index contributed by atoms with van der Waals surface area (Å²) in [5.41, 5.74) is 0.665. The second-order valence-electron chi connectivity index (χ2n) is 4.71. The van der Waals surface area contributed by atoms with Crippen molar-refractivity contribution < 1.29 is 9.53 Å². The summed E-state index contributed by atoms with van der Waals surface area (Å²) in [6.45, 7) is 6.74. The molecule has 0 spiro atoms. The van der Waals surface area contributed by atoms with Gasteiger partial charge in [0.25, 0.3) is 0 Å². The van der Waals surface area contributed by atoms with E-state index in [1.807, 2.05) is 29.8 Å². The topological polar surface area (TPSA) is 34.5 Å². The Morgan fingerprint density at radius 2 is 2.11 bits per heavy atom. The molecule has 0 radical (unpaired) electrons. The Bertz CT molecular complexity index is 381. The lowest BCUT2D eigenvalue weighted by atomic mass is 10.3. The molecule has 4 heteroatoms. The Balaban J connectivity index is 1.81. The van der Waals surface area contributed by atoms with Gasteiger partial charge < -0.3 is 14.2 Å². The van der Waals surface area contributed by atoms with Gasteiger partial charge in [0, 0.05) is 12.7 Å². The van der Waals surface area contributed by atoms with E-state index in [1.165, 1.54) is 25.9 Å². The van der Waals surface area contributed by atoms with E-state index in [-0.39, 0.29) is 5.97 Å². The first kappa shape index (κ1) is 13.1. The molecule has 0 atom stereocenters. The molecular weight excluding hydrogens is 228 g/mol. The van der Waals surface area contributed by atoms with Gasteiger partial charge in [0.2, 0.25) is 0 Å². The highest BCUT2D eigenvalue weighted by atomic mass is 16.5. The number of likely N-dealkylation sites (tertiary alicyclic amines) is 1. The van der Waals surface area contributed by atoms with Gasteiger partial charge in [-0.15, -0.1) is 0 Å². The summed E-state index contributed by atoms with van der Waals surface area (Å²) in [5.74, 6) is -0.219. The van der Waals surface area contributed by atoms with Crippen LogP contribution in [0.15, 0.2) is 18.3 Å². The molecule has 100 valence electrons. The number of nitrogens with zero attached hydrogens (tertiary/aromatic N) is 2. The summed E-state index contributed by atoms with van der Waals surface area (Å²) in [5, 5.41) is 0. The predicted molar refractivity (Wildman–Crippen MR) is 70.7 cm³/mol. The molecule has 0 N–H and O–H groups in total. The fraction of sp³-hybridized carbons (Fsp3) is 0.643. The summed E-state index contributed by atoms with van der Waals surface area (Å²) in [7, 11) is 0. The van der Waals surface area contributed by atoms with Crippen molar-refractivity contribution in [3.05, 3.63) is 24.0 Å². The van der Waals surface area contributed by atoms with E-state index in [2.05, 4.69) is 4.90 Å². The van der Waals surface area contributed by atoms with Gasteiger partial charge in [-0.2, -0.15) is 0 Å². The third-order valence-corrected chi connectivity index (χ3v) is 3.39. The van der Waals surface area contributed by atoms with Crippen LogP contribution in [0.25, 0.3) is 0 Å². The van der Waals surface area contributed by atoms with E-state index in [0.29, 0.717) is 12.3 Å². The highest BCUT2D eigenvalue weighted by molar-refractivity contribution is 5.87. The summed E-state index contributed by atoms with van der Waals surface area (Å²) >= 11 is 0. The lowest BCUT2D eigenvalue weighted by molar-refractivity contribution is 0.0513. The van der Waals surface area contributed by atoms with E-state index >= 15 is 0 Å². The number of aryl methyl sites for hydroxylation is 1. The van der Waals surface area contributed by atoms with Gasteiger partial charge in [-0.05, 0) is 58.0 Å². The molecule has 2 heterocycles. The maximum atomic E-state index is 11.7. The molecular formula is C14H22N2O2. The summed E-state index contributed by atoms with van der Waals surface area (Å²) in [6, 6.07) is 3.73. The van der Waals surface area contributed by atoms with Gasteiger partial charge in [0.05, 0.1) is 6.61 Å². The number of hydrogen-bond donors (Lipinski definition) is 0. The maximum absolute atomic E-state index is 11.7. The summed E-state index contributed by atoms with van der Waals surface area (Å²) in [4.78, 5) is 14.2. The fourth-order valence-corrected chi connectivity index (χ4v) is 2.47. The standard InChI is InChI=1S/C14H22N2O2/c1-2-18-14(17)13-7-5-11-16(13)12-6-10-15-8-3-4-9-15/h5,7,11H,2-4,6,8-10,12H2,1H3. The van der Waals surface area contributed by atoms with Crippen LogP contribution >= 0.6 is 0 Å². The highest BCUT2D eigenvalue weighted by Gasteiger charge is 2.13. The van der Waals surface area contributed by atoms with E-state index in [1.54, 1.807) is 0 Å². The zero-order valence-corrected chi connectivity index (χ0v) is 11.1. The lowest BCUT2D eigenvalue weighted by Gasteiger charge is -2.15. The zero-order chi connectivity index (χ0) is 12.8. The molecule has 1 aliphatic heterocycles. The molecule has 1 saturated heterocycles. The minimum Gasteiger partial charge on any atom is -0.461 e. The Labute approximate surface area is 109 Å². The second kappa shape index (κ2) is 6.59. The normalized spacial score (nSPS) is 16.1. The smallest absolute Gasteiger partial charge is 0.354 e. The number of rotatable bonds is 6. The van der Waals surface area contributed by atoms with Crippen LogP contribution in [0.5, 0.6) is 0 Å². The number of esters is 1. The minimum absolute atomic E-state index is 0.219. The zero-order valence-electron chi connectivity index (χ0n) is 11.1. The second-order valence-corrected chi connectivity index (χ2v) is 4.71. The van der Waals surface area contributed by atoms with Crippen LogP contribution in [0, 0.1) is 0 Å². The number of hydrogen-bond acceptors (Lipinski definition) is 3. The monoisotopic (exact) mass is 250 g/mol. The molecule has 0 amide bonds. The Morgan fingerprint density at radius 3 is 2.83 bits per heavy atom. The van der Waals surface area contributed by atoms with Crippen molar-refractivity contribution in [2.75, 3.05) is 26.2 Å². The third kappa shape index (κ3) is 3.35. The molecule has 1 fully saturated rings. The van der Waals surface area contributed by atoms with Crippen LogP contribution in [0.2, 0.25) is 0 Å². The number of carbonyl (C=O) groups excluding carboxylic acids is 1. The molecule has 1 aliphatic rings. The number of ether oxygens (including phenoxy) is 1. The van der Waals surface area contributed by atoms with Gasteiger partial charge in [-0.3, -0.25) is 0 Å². The van der Waals surface area contributed by atoms with Crippen LogP contribution in [-0.4, -0.2) is 41.7 Å². The molecule has 1 aromatic rings. The number of aromatic nitrogens is 1. The predicted octanol–water partition coefficient (Wildman–Crippen LogP) is 2.15. The van der Waals surface area contributed by atoms with Gasteiger partial charge in [-0.25, -0.2) is 4.79 Å². The third-order valence-electron chi connectivity index (χ3n) is 3.39. The van der Waals surface area contributed by atoms with Crippen molar-refractivity contribution in [1.82, 2.24) is 9.47 Å². The quantitative estimate of drug-likeness (QED) is 0.726. The van der Waals surface area contributed by atoms with Gasteiger partial charge in [-0.1, -0.05) is 0 Å². The van der Waals surface area contributed by atoms with Crippen molar-refractivity contribution in [3.8, 4) is 0 Å². The number of carbonyl (C=O) groups is 1. The van der Waals surface area contributed by atoms with Crippen molar-refractivity contribution >= 4 is 5.97 Å². The first-order valence-electron chi connectivity index (χ1n) is 6.86.